The average Bonchev–Trinajstić information content (AvgIpc) is 3.48. The maximum atomic E-state index is 13.4. The Bertz CT molecular complexity index is 1610. The van der Waals surface area contributed by atoms with Gasteiger partial charge >= 0.3 is 0 Å². The number of rotatable bonds is 11. The molecule has 0 saturated carbocycles. The summed E-state index contributed by atoms with van der Waals surface area (Å²) in [5, 5.41) is 3.24. The molecule has 9 heteroatoms. The van der Waals surface area contributed by atoms with E-state index in [4.69, 9.17) is 18.9 Å². The Kier molecular flexibility index (Phi) is 8.93. The number of hydrogen-bond donors (Lipinski definition) is 1. The first-order valence-electron chi connectivity index (χ1n) is 15.0. The first kappa shape index (κ1) is 29.4. The molecule has 9 nitrogen and oxygen atoms in total. The lowest BCUT2D eigenvalue weighted by Gasteiger charge is -2.37. The van der Waals surface area contributed by atoms with Gasteiger partial charge in [-0.3, -0.25) is 14.7 Å². The van der Waals surface area contributed by atoms with E-state index in [1.807, 2.05) is 30.3 Å². The predicted octanol–water partition coefficient (Wildman–Crippen LogP) is 5.28. The molecule has 4 aromatic rings. The fourth-order valence-electron chi connectivity index (χ4n) is 6.45. The van der Waals surface area contributed by atoms with Crippen LogP contribution in [-0.4, -0.2) is 61.7 Å². The predicted molar refractivity (Wildman–Crippen MR) is 167 cm³/mol. The summed E-state index contributed by atoms with van der Waals surface area (Å²) >= 11 is 0. The monoisotopic (exact) mass is 594 g/mol. The highest BCUT2D eigenvalue weighted by Gasteiger charge is 2.31. The minimum Gasteiger partial charge on any atom is -0.493 e. The molecule has 3 aromatic carbocycles. The van der Waals surface area contributed by atoms with Gasteiger partial charge in [-0.25, -0.2) is 4.98 Å². The van der Waals surface area contributed by atoms with E-state index in [2.05, 4.69) is 44.5 Å². The molecule has 6 rings (SSSR count). The Morgan fingerprint density at radius 3 is 2.50 bits per heavy atom. The smallest absolute Gasteiger partial charge is 0.238 e. The summed E-state index contributed by atoms with van der Waals surface area (Å²) in [4.78, 5) is 24.1. The van der Waals surface area contributed by atoms with Gasteiger partial charge in [0.1, 0.15) is 0 Å². The zero-order chi connectivity index (χ0) is 30.5. The lowest BCUT2D eigenvalue weighted by molar-refractivity contribution is -0.123. The first-order valence-corrected chi connectivity index (χ1v) is 15.0. The number of aromatic nitrogens is 2. The zero-order valence-corrected chi connectivity index (χ0v) is 25.4. The molecule has 0 bridgehead atoms. The van der Waals surface area contributed by atoms with Gasteiger partial charge in [0.15, 0.2) is 23.0 Å². The molecule has 2 unspecified atom stereocenters. The lowest BCUT2D eigenvalue weighted by Crippen LogP contribution is -2.44. The van der Waals surface area contributed by atoms with Crippen LogP contribution >= 0.6 is 0 Å². The molecule has 228 valence electrons. The molecular formula is C35H38N4O5. The van der Waals surface area contributed by atoms with Crippen LogP contribution in [0.25, 0.3) is 0 Å². The van der Waals surface area contributed by atoms with E-state index < -0.39 is 0 Å². The summed E-state index contributed by atoms with van der Waals surface area (Å²) in [6, 6.07) is 18.5. The number of carbonyl (C=O) groups is 1. The molecule has 2 atom stereocenters. The van der Waals surface area contributed by atoms with Crippen molar-refractivity contribution in [2.75, 3.05) is 41.0 Å². The van der Waals surface area contributed by atoms with E-state index in [0.29, 0.717) is 47.8 Å². The Hall–Kier alpha value is -4.63. The molecule has 0 radical (unpaired) electrons. The number of hydrogen-bond acceptors (Lipinski definition) is 8. The van der Waals surface area contributed by atoms with Gasteiger partial charge in [0.25, 0.3) is 0 Å². The molecular weight excluding hydrogens is 556 g/mol. The van der Waals surface area contributed by atoms with E-state index >= 15 is 0 Å². The second-order valence-corrected chi connectivity index (χ2v) is 11.2. The zero-order valence-electron chi connectivity index (χ0n) is 25.4. The van der Waals surface area contributed by atoms with Crippen LogP contribution in [0.15, 0.2) is 73.2 Å². The number of fused-ring (bicyclic) bond motifs is 2. The standard InChI is InChI=1S/C35H38N4O5/c1-41-30-11-8-23(17-31(30)42-2)16-29-28-19-33(44-35-21-36-13-14-37-35)32(43-3)18-25(28)12-15-39(29)22-34(40)38-20-26-10-9-24-6-4-5-7-27(24)26/h4-8,11,13-14,17-19,21,26,29H,9-10,12,15-16,20,22H2,1-3H3,(H,38,40). The molecule has 1 amide bonds. The van der Waals surface area contributed by atoms with Gasteiger partial charge in [-0.2, -0.15) is 0 Å². The number of amides is 1. The van der Waals surface area contributed by atoms with E-state index in [1.54, 1.807) is 39.9 Å². The Morgan fingerprint density at radius 2 is 1.70 bits per heavy atom. The molecule has 0 saturated heterocycles. The van der Waals surface area contributed by atoms with Crippen molar-refractivity contribution in [2.45, 2.75) is 37.6 Å². The van der Waals surface area contributed by atoms with Gasteiger partial charge in [-0.1, -0.05) is 30.3 Å². The molecule has 44 heavy (non-hydrogen) atoms. The summed E-state index contributed by atoms with van der Waals surface area (Å²) in [5.74, 6) is 3.28. The fraction of sp³-hybridized carbons (Fsp3) is 0.343. The van der Waals surface area contributed by atoms with Crippen molar-refractivity contribution < 1.29 is 23.7 Å². The van der Waals surface area contributed by atoms with Crippen LogP contribution < -0.4 is 24.3 Å². The number of methoxy groups -OCH3 is 3. The van der Waals surface area contributed by atoms with Crippen molar-refractivity contribution >= 4 is 5.91 Å². The van der Waals surface area contributed by atoms with E-state index in [-0.39, 0.29) is 18.5 Å². The average molecular weight is 595 g/mol. The van der Waals surface area contributed by atoms with Crippen LogP contribution in [0.2, 0.25) is 0 Å². The van der Waals surface area contributed by atoms with Gasteiger partial charge in [0.2, 0.25) is 11.8 Å². The highest BCUT2D eigenvalue weighted by molar-refractivity contribution is 5.78. The summed E-state index contributed by atoms with van der Waals surface area (Å²) in [6.45, 7) is 1.67. The SMILES string of the molecule is COc1ccc(CC2c3cc(Oc4cnccn4)c(OC)cc3CCN2CC(=O)NCC2CCc3ccccc32)cc1OC. The number of ether oxygens (including phenoxy) is 4. The highest BCUT2D eigenvalue weighted by Crippen LogP contribution is 2.41. The fourth-order valence-corrected chi connectivity index (χ4v) is 6.45. The second kappa shape index (κ2) is 13.3. The molecule has 1 aliphatic carbocycles. The van der Waals surface area contributed by atoms with Gasteiger partial charge in [0.05, 0.1) is 34.1 Å². The van der Waals surface area contributed by atoms with E-state index in [0.717, 1.165) is 42.5 Å². The third kappa shape index (κ3) is 6.33. The van der Waals surface area contributed by atoms with Crippen LogP contribution in [0.4, 0.5) is 0 Å². The third-order valence-electron chi connectivity index (χ3n) is 8.67. The molecule has 2 heterocycles. The Balaban J connectivity index is 1.27. The second-order valence-electron chi connectivity index (χ2n) is 11.2. The number of aryl methyl sites for hydroxylation is 1. The van der Waals surface area contributed by atoms with Crippen LogP contribution in [0, 0.1) is 0 Å². The van der Waals surface area contributed by atoms with Gasteiger partial charge in [0, 0.05) is 37.4 Å². The minimum absolute atomic E-state index is 0.0275. The summed E-state index contributed by atoms with van der Waals surface area (Å²) in [5.41, 5.74) is 6.07. The molecule has 1 aromatic heterocycles. The van der Waals surface area contributed by atoms with Crippen molar-refractivity contribution in [1.29, 1.82) is 0 Å². The van der Waals surface area contributed by atoms with Crippen molar-refractivity contribution in [3.8, 4) is 28.9 Å². The lowest BCUT2D eigenvalue weighted by atomic mass is 9.88. The number of carbonyl (C=O) groups excluding carboxylic acids is 1. The Labute approximate surface area is 258 Å². The van der Waals surface area contributed by atoms with Crippen molar-refractivity contribution in [3.05, 3.63) is 101 Å². The largest absolute Gasteiger partial charge is 0.493 e. The molecule has 0 spiro atoms. The maximum absolute atomic E-state index is 13.4. The van der Waals surface area contributed by atoms with Crippen LogP contribution in [-0.2, 0) is 24.1 Å². The topological polar surface area (TPSA) is 95.0 Å². The van der Waals surface area contributed by atoms with Crippen molar-refractivity contribution in [2.24, 2.45) is 0 Å². The van der Waals surface area contributed by atoms with Crippen molar-refractivity contribution in [3.63, 3.8) is 0 Å². The van der Waals surface area contributed by atoms with Crippen molar-refractivity contribution in [1.82, 2.24) is 20.2 Å². The normalized spacial score (nSPS) is 17.3. The molecule has 0 fully saturated rings. The number of nitrogens with zero attached hydrogens (tertiary/aromatic N) is 3. The van der Waals surface area contributed by atoms with Crippen LogP contribution in [0.5, 0.6) is 28.9 Å². The minimum atomic E-state index is -0.0927. The summed E-state index contributed by atoms with van der Waals surface area (Å²) in [7, 11) is 4.90. The number of benzene rings is 3. The van der Waals surface area contributed by atoms with Gasteiger partial charge < -0.3 is 24.3 Å². The van der Waals surface area contributed by atoms with E-state index in [9.17, 15) is 4.79 Å². The number of nitrogens with one attached hydrogen (secondary N) is 1. The molecule has 1 N–H and O–H groups in total. The summed E-state index contributed by atoms with van der Waals surface area (Å²) < 4.78 is 22.9. The first-order chi connectivity index (χ1) is 21.6. The highest BCUT2D eigenvalue weighted by atomic mass is 16.5. The van der Waals surface area contributed by atoms with E-state index in [1.165, 1.54) is 11.1 Å². The van der Waals surface area contributed by atoms with Crippen LogP contribution in [0.3, 0.4) is 0 Å². The molecule has 1 aliphatic heterocycles. The van der Waals surface area contributed by atoms with Gasteiger partial charge in [-0.05, 0) is 77.8 Å². The van der Waals surface area contributed by atoms with Gasteiger partial charge in [-0.15, -0.1) is 0 Å². The molecule has 2 aliphatic rings. The van der Waals surface area contributed by atoms with Crippen LogP contribution in [0.1, 0.15) is 46.2 Å². The summed E-state index contributed by atoms with van der Waals surface area (Å²) in [6.07, 6.45) is 8.33. The Morgan fingerprint density at radius 1 is 0.886 bits per heavy atom. The third-order valence-corrected chi connectivity index (χ3v) is 8.67. The maximum Gasteiger partial charge on any atom is 0.238 e. The quantitative estimate of drug-likeness (QED) is 0.251.